The van der Waals surface area contributed by atoms with E-state index in [1.807, 2.05) is 0 Å². The second kappa shape index (κ2) is 67.3. The lowest BCUT2D eigenvalue weighted by atomic mass is 10.0. The lowest BCUT2D eigenvalue weighted by molar-refractivity contribution is -0.161. The predicted molar refractivity (Wildman–Crippen MR) is 377 cm³/mol. The highest BCUT2D eigenvalue weighted by molar-refractivity contribution is 7.47. The van der Waals surface area contributed by atoms with E-state index in [-0.39, 0.29) is 25.7 Å². The Morgan fingerprint density at radius 3 is 0.731 bits per heavy atom. The van der Waals surface area contributed by atoms with Crippen molar-refractivity contribution in [3.63, 3.8) is 0 Å². The minimum Gasteiger partial charge on any atom is -0.462 e. The molecule has 0 fully saturated rings. The summed E-state index contributed by atoms with van der Waals surface area (Å²) in [6, 6.07) is 0. The molecular formula is C74H144O17P2. The standard InChI is InChI=1S/C74H144O17P2/c1-6-9-12-15-18-21-24-26-27-28-29-35-40-45-50-55-60-74(79)91-70(64-85-72(77)58-53-48-43-38-34-31-30-32-36-41-46-51-56-67(4)5)66-89-93(82,83)87-62-68(75)61-86-92(80,81)88-65-69(63-84-71(76)57-52-47-42-37-23-20-17-14-11-8-3)90-73(78)59-54-49-44-39-33-25-22-19-16-13-10-7-2/h67-70,75H,6-66H2,1-5H3,(H,80,81)(H,82,83)/t68-,69+,70+/m0/s1. The summed E-state index contributed by atoms with van der Waals surface area (Å²) in [5.41, 5.74) is 0. The lowest BCUT2D eigenvalue weighted by Gasteiger charge is -2.21. The van der Waals surface area contributed by atoms with Gasteiger partial charge in [0, 0.05) is 25.7 Å². The summed E-state index contributed by atoms with van der Waals surface area (Å²) in [6.07, 6.45) is 55.3. The van der Waals surface area contributed by atoms with Crippen LogP contribution in [0.1, 0.15) is 388 Å². The van der Waals surface area contributed by atoms with Gasteiger partial charge in [0.25, 0.3) is 0 Å². The zero-order valence-corrected chi connectivity index (χ0v) is 62.2. The molecule has 3 N–H and O–H groups in total. The highest BCUT2D eigenvalue weighted by atomic mass is 31.2. The van der Waals surface area contributed by atoms with Crippen LogP contribution in [0, 0.1) is 5.92 Å². The first-order valence-corrected chi connectivity index (χ1v) is 41.6. The average molecular weight is 1370 g/mol. The molecule has 0 saturated heterocycles. The SMILES string of the molecule is CCCCCCCCCCCCCCCCCCC(=O)O[C@H](COC(=O)CCCCCCCCCCCCCCC(C)C)COP(=O)(O)OC[C@@H](O)COP(=O)(O)OC[C@@H](COC(=O)CCCCCCCCCCCC)OC(=O)CCCCCCCCCCCCCC. The van der Waals surface area contributed by atoms with Gasteiger partial charge in [-0.2, -0.15) is 0 Å². The number of aliphatic hydroxyl groups is 1. The average Bonchev–Trinajstić information content (AvgIpc) is 3.33. The Morgan fingerprint density at radius 1 is 0.290 bits per heavy atom. The maximum atomic E-state index is 13.1. The fourth-order valence-electron chi connectivity index (χ4n) is 11.4. The Morgan fingerprint density at radius 2 is 0.495 bits per heavy atom. The fraction of sp³-hybridized carbons (Fsp3) is 0.946. The van der Waals surface area contributed by atoms with Gasteiger partial charge in [-0.15, -0.1) is 0 Å². The smallest absolute Gasteiger partial charge is 0.462 e. The number of hydrogen-bond acceptors (Lipinski definition) is 15. The topological polar surface area (TPSA) is 237 Å². The zero-order valence-electron chi connectivity index (χ0n) is 60.4. The molecule has 0 saturated carbocycles. The van der Waals surface area contributed by atoms with E-state index in [1.54, 1.807) is 0 Å². The van der Waals surface area contributed by atoms with Crippen molar-refractivity contribution in [3.05, 3.63) is 0 Å². The monoisotopic (exact) mass is 1370 g/mol. The van der Waals surface area contributed by atoms with E-state index in [9.17, 15) is 43.2 Å². The van der Waals surface area contributed by atoms with Crippen molar-refractivity contribution in [2.24, 2.45) is 5.92 Å². The van der Waals surface area contributed by atoms with Crippen molar-refractivity contribution in [3.8, 4) is 0 Å². The molecule has 0 aliphatic rings. The summed E-state index contributed by atoms with van der Waals surface area (Å²) in [6.45, 7) is 7.29. The van der Waals surface area contributed by atoms with Crippen LogP contribution in [-0.2, 0) is 65.4 Å². The first-order valence-electron chi connectivity index (χ1n) is 38.6. The van der Waals surface area contributed by atoms with Gasteiger partial charge in [-0.1, -0.05) is 336 Å². The van der Waals surface area contributed by atoms with Gasteiger partial charge < -0.3 is 33.8 Å². The molecule has 0 aromatic heterocycles. The molecule has 0 aliphatic carbocycles. The molecule has 0 heterocycles. The predicted octanol–water partition coefficient (Wildman–Crippen LogP) is 21.7. The number of carbonyl (C=O) groups excluding carboxylic acids is 4. The van der Waals surface area contributed by atoms with Crippen LogP contribution in [-0.4, -0.2) is 96.7 Å². The molecule has 0 aliphatic heterocycles. The molecule has 93 heavy (non-hydrogen) atoms. The van der Waals surface area contributed by atoms with Crippen LogP contribution in [0.3, 0.4) is 0 Å². The van der Waals surface area contributed by atoms with Crippen LogP contribution in [0.25, 0.3) is 0 Å². The number of ether oxygens (including phenoxy) is 4. The molecule has 552 valence electrons. The summed E-state index contributed by atoms with van der Waals surface area (Å²) >= 11 is 0. The lowest BCUT2D eigenvalue weighted by Crippen LogP contribution is -2.30. The normalized spacial score (nSPS) is 14.0. The second-order valence-corrected chi connectivity index (χ2v) is 30.1. The van der Waals surface area contributed by atoms with Crippen LogP contribution in [0.4, 0.5) is 0 Å². The number of hydrogen-bond donors (Lipinski definition) is 3. The largest absolute Gasteiger partial charge is 0.472 e. The van der Waals surface area contributed by atoms with E-state index in [0.29, 0.717) is 25.7 Å². The van der Waals surface area contributed by atoms with E-state index in [4.69, 9.17) is 37.0 Å². The van der Waals surface area contributed by atoms with Crippen LogP contribution in [0.2, 0.25) is 0 Å². The van der Waals surface area contributed by atoms with E-state index in [1.165, 1.54) is 212 Å². The van der Waals surface area contributed by atoms with Crippen molar-refractivity contribution >= 4 is 39.5 Å². The number of rotatable bonds is 74. The first-order chi connectivity index (χ1) is 45.0. The number of phosphoric ester groups is 2. The van der Waals surface area contributed by atoms with Crippen molar-refractivity contribution in [2.75, 3.05) is 39.6 Å². The van der Waals surface area contributed by atoms with Crippen molar-refractivity contribution in [1.29, 1.82) is 0 Å². The van der Waals surface area contributed by atoms with Crippen molar-refractivity contribution in [1.82, 2.24) is 0 Å². The van der Waals surface area contributed by atoms with Gasteiger partial charge in [0.15, 0.2) is 12.2 Å². The van der Waals surface area contributed by atoms with Crippen molar-refractivity contribution in [2.45, 2.75) is 406 Å². The molecule has 5 atom stereocenters. The van der Waals surface area contributed by atoms with E-state index < -0.39 is 97.5 Å². The van der Waals surface area contributed by atoms with Gasteiger partial charge >= 0.3 is 39.5 Å². The van der Waals surface area contributed by atoms with Crippen molar-refractivity contribution < 1.29 is 80.2 Å². The highest BCUT2D eigenvalue weighted by Crippen LogP contribution is 2.45. The van der Waals surface area contributed by atoms with Crippen LogP contribution >= 0.6 is 15.6 Å². The quantitative estimate of drug-likeness (QED) is 0.0222. The Bertz CT molecular complexity index is 1790. The Balaban J connectivity index is 5.24. The number of carbonyl (C=O) groups is 4. The molecule has 19 heteroatoms. The number of aliphatic hydroxyl groups excluding tert-OH is 1. The number of esters is 4. The molecular weight excluding hydrogens is 1220 g/mol. The molecule has 0 aromatic carbocycles. The summed E-state index contributed by atoms with van der Waals surface area (Å²) in [4.78, 5) is 72.7. The number of unbranched alkanes of at least 4 members (excludes halogenated alkanes) is 46. The molecule has 0 radical (unpaired) electrons. The summed E-state index contributed by atoms with van der Waals surface area (Å²) in [5, 5.41) is 10.6. The third kappa shape index (κ3) is 68.4. The fourth-order valence-corrected chi connectivity index (χ4v) is 12.9. The minimum atomic E-state index is -4.95. The third-order valence-corrected chi connectivity index (χ3v) is 19.2. The minimum absolute atomic E-state index is 0.108. The Kier molecular flexibility index (Phi) is 65.9. The van der Waals surface area contributed by atoms with Crippen LogP contribution < -0.4 is 0 Å². The summed E-state index contributed by atoms with van der Waals surface area (Å²) < 4.78 is 68.4. The molecule has 0 bridgehead atoms. The Hall–Kier alpha value is -1.94. The van der Waals surface area contributed by atoms with Gasteiger partial charge in [0.1, 0.15) is 19.3 Å². The molecule has 0 spiro atoms. The van der Waals surface area contributed by atoms with Gasteiger partial charge in [-0.05, 0) is 31.6 Å². The maximum absolute atomic E-state index is 13.1. The molecule has 0 rings (SSSR count). The summed E-state index contributed by atoms with van der Waals surface area (Å²) in [7, 11) is -9.90. The zero-order chi connectivity index (χ0) is 68.4. The molecule has 17 nitrogen and oxygen atoms in total. The molecule has 0 amide bonds. The number of phosphoric acid groups is 2. The van der Waals surface area contributed by atoms with E-state index in [0.717, 1.165) is 95.8 Å². The van der Waals surface area contributed by atoms with Crippen LogP contribution in [0.5, 0.6) is 0 Å². The molecule has 2 unspecified atom stereocenters. The summed E-state index contributed by atoms with van der Waals surface area (Å²) in [5.74, 6) is -1.33. The maximum Gasteiger partial charge on any atom is 0.472 e. The Labute approximate surface area is 568 Å². The highest BCUT2D eigenvalue weighted by Gasteiger charge is 2.30. The first kappa shape index (κ1) is 91.1. The third-order valence-electron chi connectivity index (χ3n) is 17.3. The van der Waals surface area contributed by atoms with Gasteiger partial charge in [0.2, 0.25) is 0 Å². The van der Waals surface area contributed by atoms with Gasteiger partial charge in [-0.25, -0.2) is 9.13 Å². The second-order valence-electron chi connectivity index (χ2n) is 27.2. The van der Waals surface area contributed by atoms with Gasteiger partial charge in [-0.3, -0.25) is 37.3 Å². The van der Waals surface area contributed by atoms with Gasteiger partial charge in [0.05, 0.1) is 26.4 Å². The van der Waals surface area contributed by atoms with E-state index >= 15 is 0 Å². The van der Waals surface area contributed by atoms with Crippen LogP contribution in [0.15, 0.2) is 0 Å². The molecule has 0 aromatic rings. The van der Waals surface area contributed by atoms with E-state index in [2.05, 4.69) is 34.6 Å².